The molecule has 0 radical (unpaired) electrons. The van der Waals surface area contributed by atoms with Gasteiger partial charge in [0.1, 0.15) is 17.2 Å². The predicted octanol–water partition coefficient (Wildman–Crippen LogP) is 7.11. The van der Waals surface area contributed by atoms with Gasteiger partial charge in [-0.15, -0.1) is 13.2 Å². The number of hydrogen-bond donors (Lipinski definition) is 0. The van der Waals surface area contributed by atoms with E-state index in [2.05, 4.69) is 19.9 Å². The van der Waals surface area contributed by atoms with Crippen LogP contribution < -0.4 is 10.3 Å². The van der Waals surface area contributed by atoms with Gasteiger partial charge in [-0.1, -0.05) is 31.4 Å². The molecule has 0 bridgehead atoms. The van der Waals surface area contributed by atoms with E-state index in [1.165, 1.54) is 43.7 Å². The summed E-state index contributed by atoms with van der Waals surface area (Å²) >= 11 is 0. The van der Waals surface area contributed by atoms with E-state index in [1.807, 2.05) is 13.0 Å². The fraction of sp³-hybridized carbons (Fsp3) is 0.379. The summed E-state index contributed by atoms with van der Waals surface area (Å²) in [4.78, 5) is 17.2. The molecule has 0 amide bonds. The van der Waals surface area contributed by atoms with Crippen LogP contribution in [-0.4, -0.2) is 30.9 Å². The number of nitrogens with zero attached hydrogens (tertiary/aromatic N) is 5. The summed E-state index contributed by atoms with van der Waals surface area (Å²) in [5.41, 5.74) is 0.469. The van der Waals surface area contributed by atoms with Crippen LogP contribution in [0.4, 0.5) is 26.3 Å². The van der Waals surface area contributed by atoms with Crippen LogP contribution in [0.5, 0.6) is 5.75 Å². The molecule has 3 aromatic heterocycles. The maximum Gasteiger partial charge on any atom is 0.573 e. The number of hydrogen-bond acceptors (Lipinski definition) is 5. The van der Waals surface area contributed by atoms with Crippen molar-refractivity contribution in [3.8, 4) is 17.0 Å². The van der Waals surface area contributed by atoms with Crippen LogP contribution in [0.3, 0.4) is 0 Å². The zero-order valence-electron chi connectivity index (χ0n) is 22.9. The van der Waals surface area contributed by atoms with Crippen LogP contribution in [0.15, 0.2) is 59.7 Å². The number of pyridine rings is 1. The minimum absolute atomic E-state index is 0.0519. The molecule has 1 aromatic carbocycles. The molecule has 5 rings (SSSR count). The highest BCUT2D eigenvalue weighted by atomic mass is 19.4. The Morgan fingerprint density at radius 2 is 1.81 bits per heavy atom. The first-order valence-electron chi connectivity index (χ1n) is 13.3. The third-order valence-corrected chi connectivity index (χ3v) is 6.87. The van der Waals surface area contributed by atoms with Crippen LogP contribution in [0.1, 0.15) is 67.0 Å². The Morgan fingerprint density at radius 1 is 1.07 bits per heavy atom. The van der Waals surface area contributed by atoms with Crippen molar-refractivity contribution in [2.45, 2.75) is 64.3 Å². The van der Waals surface area contributed by atoms with E-state index >= 15 is 0 Å². The summed E-state index contributed by atoms with van der Waals surface area (Å²) in [6.45, 7) is 1.44. The molecule has 7 nitrogen and oxygen atoms in total. The predicted molar refractivity (Wildman–Crippen MR) is 143 cm³/mol. The van der Waals surface area contributed by atoms with Crippen molar-refractivity contribution in [2.75, 3.05) is 0 Å². The standard InChI is InChI=1S/C22H22F5N5O2.C7H7F/c1-31-19(20(23)24)15(11-29-31)16-10-14(13-6-3-2-4-7-13)21(33)32(30-16)12-17-18(8-5-9-28-17)34-22(25,26)27;1-6-3-2-4-7(8)5-6/h5,8-11,13,20H,2-4,6-7,12H2,1H3;2-5H,1H3. The molecular formula is C29H29F6N5O2. The number of halogens is 6. The number of alkyl halides is 5. The number of benzene rings is 1. The van der Waals surface area contributed by atoms with E-state index in [9.17, 15) is 31.1 Å². The van der Waals surface area contributed by atoms with E-state index in [0.717, 1.165) is 53.1 Å². The minimum Gasteiger partial charge on any atom is -0.404 e. The molecule has 1 saturated carbocycles. The Balaban J connectivity index is 0.000000437. The molecule has 1 aliphatic carbocycles. The van der Waals surface area contributed by atoms with Crippen molar-refractivity contribution in [3.63, 3.8) is 0 Å². The highest BCUT2D eigenvalue weighted by molar-refractivity contribution is 5.62. The van der Waals surface area contributed by atoms with Gasteiger partial charge in [-0.25, -0.2) is 17.9 Å². The summed E-state index contributed by atoms with van der Waals surface area (Å²) in [5, 5.41) is 8.13. The van der Waals surface area contributed by atoms with Gasteiger partial charge in [0.25, 0.3) is 12.0 Å². The van der Waals surface area contributed by atoms with Gasteiger partial charge < -0.3 is 4.74 Å². The van der Waals surface area contributed by atoms with Gasteiger partial charge in [-0.05, 0) is 61.6 Å². The smallest absolute Gasteiger partial charge is 0.404 e. The quantitative estimate of drug-likeness (QED) is 0.223. The monoisotopic (exact) mass is 593 g/mol. The van der Waals surface area contributed by atoms with Crippen molar-refractivity contribution >= 4 is 0 Å². The van der Waals surface area contributed by atoms with Gasteiger partial charge in [-0.3, -0.25) is 14.5 Å². The van der Waals surface area contributed by atoms with Gasteiger partial charge in [0.2, 0.25) is 0 Å². The highest BCUT2D eigenvalue weighted by Crippen LogP contribution is 2.34. The maximum absolute atomic E-state index is 13.7. The lowest BCUT2D eigenvalue weighted by molar-refractivity contribution is -0.275. The number of aromatic nitrogens is 5. The highest BCUT2D eigenvalue weighted by Gasteiger charge is 2.33. The summed E-state index contributed by atoms with van der Waals surface area (Å²) in [6, 6.07) is 10.4. The van der Waals surface area contributed by atoms with Crippen molar-refractivity contribution in [1.82, 2.24) is 24.5 Å². The van der Waals surface area contributed by atoms with Gasteiger partial charge in [0, 0.05) is 24.4 Å². The van der Waals surface area contributed by atoms with Crippen molar-refractivity contribution in [1.29, 1.82) is 0 Å². The third-order valence-electron chi connectivity index (χ3n) is 6.87. The molecule has 13 heteroatoms. The Bertz CT molecular complexity index is 1540. The number of rotatable bonds is 6. The normalized spacial score (nSPS) is 14.0. The molecule has 4 aromatic rings. The molecule has 0 atom stereocenters. The second-order valence-corrected chi connectivity index (χ2v) is 9.95. The van der Waals surface area contributed by atoms with Crippen LogP contribution >= 0.6 is 0 Å². The largest absolute Gasteiger partial charge is 0.573 e. The first-order valence-corrected chi connectivity index (χ1v) is 13.3. The molecule has 1 aliphatic rings. The fourth-order valence-corrected chi connectivity index (χ4v) is 4.92. The molecule has 0 spiro atoms. The molecule has 3 heterocycles. The van der Waals surface area contributed by atoms with Crippen molar-refractivity contribution in [2.24, 2.45) is 7.05 Å². The lowest BCUT2D eigenvalue weighted by atomic mass is 9.84. The van der Waals surface area contributed by atoms with Gasteiger partial charge >= 0.3 is 6.36 Å². The SMILES string of the molecule is Cc1cccc(F)c1.Cn1ncc(-c2cc(C3CCCCC3)c(=O)n(Cc3ncccc3OC(F)(F)F)n2)c1C(F)F. The van der Waals surface area contributed by atoms with Gasteiger partial charge in [-0.2, -0.15) is 10.2 Å². The van der Waals surface area contributed by atoms with Crippen LogP contribution in [-0.2, 0) is 13.6 Å². The van der Waals surface area contributed by atoms with E-state index in [0.29, 0.717) is 5.56 Å². The summed E-state index contributed by atoms with van der Waals surface area (Å²) in [5.74, 6) is -0.830. The van der Waals surface area contributed by atoms with E-state index in [1.54, 1.807) is 6.07 Å². The summed E-state index contributed by atoms with van der Waals surface area (Å²) in [6.07, 6.45) is -0.917. The molecule has 0 unspecified atom stereocenters. The van der Waals surface area contributed by atoms with Crippen LogP contribution in [0, 0.1) is 12.7 Å². The lowest BCUT2D eigenvalue weighted by Gasteiger charge is -2.22. The van der Waals surface area contributed by atoms with E-state index in [-0.39, 0.29) is 34.4 Å². The van der Waals surface area contributed by atoms with E-state index < -0.39 is 30.6 Å². The zero-order chi connectivity index (χ0) is 30.4. The Labute approximate surface area is 237 Å². The van der Waals surface area contributed by atoms with Crippen LogP contribution in [0.2, 0.25) is 0 Å². The Hall–Kier alpha value is -4.16. The average Bonchev–Trinajstić information content (AvgIpc) is 3.32. The second kappa shape index (κ2) is 13.2. The molecule has 1 fully saturated rings. The topological polar surface area (TPSA) is 74.8 Å². The fourth-order valence-electron chi connectivity index (χ4n) is 4.92. The first-order chi connectivity index (χ1) is 19.9. The first kappa shape index (κ1) is 30.8. The second-order valence-electron chi connectivity index (χ2n) is 9.95. The van der Waals surface area contributed by atoms with Crippen molar-refractivity contribution in [3.05, 3.63) is 93.5 Å². The number of ether oxygens (including phenoxy) is 1. The Kier molecular flexibility index (Phi) is 9.69. The molecule has 0 N–H and O–H groups in total. The maximum atomic E-state index is 13.7. The summed E-state index contributed by atoms with van der Waals surface area (Å²) < 4.78 is 84.1. The molecule has 42 heavy (non-hydrogen) atoms. The minimum atomic E-state index is -4.95. The Morgan fingerprint density at radius 3 is 2.43 bits per heavy atom. The van der Waals surface area contributed by atoms with Crippen LogP contribution in [0.25, 0.3) is 11.3 Å². The van der Waals surface area contributed by atoms with Gasteiger partial charge in [0.15, 0.2) is 5.75 Å². The van der Waals surface area contributed by atoms with Gasteiger partial charge in [0.05, 0.1) is 18.4 Å². The zero-order valence-corrected chi connectivity index (χ0v) is 22.9. The third kappa shape index (κ3) is 7.77. The lowest BCUT2D eigenvalue weighted by Crippen LogP contribution is -2.30. The molecule has 0 aliphatic heterocycles. The van der Waals surface area contributed by atoms with E-state index in [4.69, 9.17) is 0 Å². The molecule has 224 valence electrons. The molecule has 0 saturated heterocycles. The van der Waals surface area contributed by atoms with Crippen molar-refractivity contribution < 1.29 is 31.1 Å². The molecular weight excluding hydrogens is 564 g/mol. The average molecular weight is 594 g/mol. The summed E-state index contributed by atoms with van der Waals surface area (Å²) in [7, 11) is 1.37. The number of aryl methyl sites for hydroxylation is 2.